The number of rotatable bonds is 16. The molecule has 2 N–H and O–H groups in total. The van der Waals surface area contributed by atoms with E-state index in [1.54, 1.807) is 20.3 Å². The van der Waals surface area contributed by atoms with Crippen LogP contribution in [0.4, 0.5) is 5.82 Å². The molecule has 1 aromatic carbocycles. The average Bonchev–Trinajstić information content (AvgIpc) is 3.34. The third kappa shape index (κ3) is 12.0. The van der Waals surface area contributed by atoms with Gasteiger partial charge in [-0.2, -0.15) is 0 Å². The zero-order chi connectivity index (χ0) is 39.3. The van der Waals surface area contributed by atoms with E-state index in [1.165, 1.54) is 24.2 Å². The Bertz CT molecular complexity index is 1540. The first-order chi connectivity index (χ1) is 25.9. The first-order valence-corrected chi connectivity index (χ1v) is 21.6. The number of amides is 1. The van der Waals surface area contributed by atoms with Gasteiger partial charge >= 0.3 is 0 Å². The van der Waals surface area contributed by atoms with E-state index in [9.17, 15) is 9.00 Å². The molecular formula is C42H66ClN5O5S. The van der Waals surface area contributed by atoms with Gasteiger partial charge in [0.05, 0.1) is 17.5 Å². The van der Waals surface area contributed by atoms with Gasteiger partial charge in [0, 0.05) is 77.1 Å². The van der Waals surface area contributed by atoms with E-state index in [-0.39, 0.29) is 22.5 Å². The van der Waals surface area contributed by atoms with Crippen molar-refractivity contribution in [2.24, 2.45) is 11.8 Å². The van der Waals surface area contributed by atoms with Crippen LogP contribution in [0.15, 0.2) is 42.5 Å². The zero-order valence-corrected chi connectivity index (χ0v) is 35.6. The van der Waals surface area contributed by atoms with E-state index in [0.717, 1.165) is 62.8 Å². The molecule has 10 nitrogen and oxygen atoms in total. The Labute approximate surface area is 332 Å². The number of anilines is 1. The Morgan fingerprint density at radius 2 is 1.93 bits per heavy atom. The third-order valence-electron chi connectivity index (χ3n) is 11.2. The summed E-state index contributed by atoms with van der Waals surface area (Å²) >= 11 is 6.42. The minimum Gasteiger partial charge on any atom is -0.489 e. The Hall–Kier alpha value is -2.54. The predicted molar refractivity (Wildman–Crippen MR) is 222 cm³/mol. The van der Waals surface area contributed by atoms with Crippen LogP contribution in [0.2, 0.25) is 5.02 Å². The number of pyridine rings is 1. The number of fused-ring (bicyclic) bond motifs is 1. The summed E-state index contributed by atoms with van der Waals surface area (Å²) in [5.41, 5.74) is 2.33. The van der Waals surface area contributed by atoms with Gasteiger partial charge in [0.2, 0.25) is 0 Å². The van der Waals surface area contributed by atoms with Crippen molar-refractivity contribution in [3.63, 3.8) is 0 Å². The number of hydrogen-bond acceptors (Lipinski definition) is 9. The number of piperazine rings is 1. The lowest BCUT2D eigenvalue weighted by Gasteiger charge is -2.48. The number of allylic oxidation sites excluding steroid dienone is 1. The summed E-state index contributed by atoms with van der Waals surface area (Å²) in [5, 5.41) is 3.81. The number of nitrogens with zero attached hydrogens (tertiary/aromatic N) is 3. The second-order valence-corrected chi connectivity index (χ2v) is 17.4. The van der Waals surface area contributed by atoms with Crippen LogP contribution in [0.25, 0.3) is 0 Å². The quantitative estimate of drug-likeness (QED) is 0.171. The number of benzene rings is 1. The molecule has 0 radical (unpaired) electrons. The lowest BCUT2D eigenvalue weighted by atomic mass is 9.64. The molecule has 0 bridgehead atoms. The summed E-state index contributed by atoms with van der Waals surface area (Å²) in [5.74, 6) is 1.62. The average molecular weight is 789 g/mol. The smallest absolute Gasteiger partial charge is 0.281 e. The van der Waals surface area contributed by atoms with Crippen molar-refractivity contribution in [1.29, 1.82) is 0 Å². The standard InChI is InChI=1S/C35H50ClN3O5S.C7H16N2/c1-7-9-18-35(4,43-6)30-14-11-26(30)21-39-22-27(29-13-12-28(36)20-25(29)10-8-2)23-44-32-16-15-31(37-33(32)39)34(40)38-45(41)24(3)17-19-42-5;1-7(2)9-5-3-8-4-6-9/h9,12-13,15-16,18,20,24,26-27,30H,7-8,10-11,14,17,19,21-23H2,1-6H3,(H,38,40);7-8H,3-6H2,1-2H3/b18-9+;/t24?,26?,27?,30?,35-,45?;/m0./s1. The summed E-state index contributed by atoms with van der Waals surface area (Å²) in [6.07, 6.45) is 10.1. The number of halogens is 1. The molecule has 5 unspecified atom stereocenters. The Morgan fingerprint density at radius 3 is 2.54 bits per heavy atom. The summed E-state index contributed by atoms with van der Waals surface area (Å²) in [6.45, 7) is 20.0. The monoisotopic (exact) mass is 787 g/mol. The molecule has 3 aliphatic rings. The molecule has 1 aliphatic carbocycles. The second-order valence-electron chi connectivity index (χ2n) is 15.4. The molecule has 1 amide bonds. The lowest BCUT2D eigenvalue weighted by Crippen LogP contribution is -2.49. The molecular weight excluding hydrogens is 722 g/mol. The predicted octanol–water partition coefficient (Wildman–Crippen LogP) is 7.19. The van der Waals surface area contributed by atoms with Crippen molar-refractivity contribution in [1.82, 2.24) is 19.9 Å². The molecule has 2 aromatic rings. The fourth-order valence-electron chi connectivity index (χ4n) is 7.66. The van der Waals surface area contributed by atoms with E-state index in [4.69, 9.17) is 30.8 Å². The molecule has 3 heterocycles. The molecule has 5 rings (SSSR count). The SMILES string of the molecule is CC(C)N1CCNCC1.CC/C=C/[C@](C)(OC)C1CCC1CN1CC(c2ccc(Cl)cc2CCC)COc2ccc(C(=O)NS(=O)C(C)CCOC)nc21. The van der Waals surface area contributed by atoms with Crippen LogP contribution < -0.4 is 19.7 Å². The van der Waals surface area contributed by atoms with Gasteiger partial charge in [0.1, 0.15) is 16.7 Å². The third-order valence-corrected chi connectivity index (χ3v) is 12.8. The van der Waals surface area contributed by atoms with Gasteiger partial charge in [-0.1, -0.05) is 50.1 Å². The van der Waals surface area contributed by atoms with Crippen molar-refractivity contribution in [2.45, 2.75) is 103 Å². The summed E-state index contributed by atoms with van der Waals surface area (Å²) in [4.78, 5) is 22.9. The molecule has 2 fully saturated rings. The lowest BCUT2D eigenvalue weighted by molar-refractivity contribution is -0.0620. The maximum absolute atomic E-state index is 13.3. The number of nitrogens with one attached hydrogen (secondary N) is 2. The topological polar surface area (TPSA) is 105 Å². The molecule has 2 aliphatic heterocycles. The largest absolute Gasteiger partial charge is 0.489 e. The number of ether oxygens (including phenoxy) is 3. The minimum atomic E-state index is -1.56. The maximum atomic E-state index is 13.3. The normalized spacial score (nSPS) is 22.6. The Morgan fingerprint density at radius 1 is 1.17 bits per heavy atom. The highest BCUT2D eigenvalue weighted by molar-refractivity contribution is 7.84. The first kappa shape index (κ1) is 44.2. The fourth-order valence-corrected chi connectivity index (χ4v) is 8.65. The first-order valence-electron chi connectivity index (χ1n) is 20.0. The Balaban J connectivity index is 0.000000631. The highest BCUT2D eigenvalue weighted by Gasteiger charge is 2.45. The van der Waals surface area contributed by atoms with Crippen LogP contribution in [0, 0.1) is 11.8 Å². The summed E-state index contributed by atoms with van der Waals surface area (Å²) < 4.78 is 33.1. The molecule has 0 spiro atoms. The molecule has 302 valence electrons. The highest BCUT2D eigenvalue weighted by atomic mass is 35.5. The number of hydrogen-bond donors (Lipinski definition) is 2. The van der Waals surface area contributed by atoms with Crippen molar-refractivity contribution < 1.29 is 23.2 Å². The van der Waals surface area contributed by atoms with Crippen molar-refractivity contribution in [3.8, 4) is 5.75 Å². The molecule has 12 heteroatoms. The van der Waals surface area contributed by atoms with Gasteiger partial charge in [0.15, 0.2) is 11.6 Å². The van der Waals surface area contributed by atoms with Gasteiger partial charge < -0.3 is 24.4 Å². The van der Waals surface area contributed by atoms with E-state index in [1.807, 2.05) is 19.1 Å². The molecule has 1 saturated heterocycles. The van der Waals surface area contributed by atoms with Crippen LogP contribution in [-0.4, -0.2) is 104 Å². The number of methoxy groups -OCH3 is 2. The molecule has 1 aromatic heterocycles. The number of aromatic nitrogens is 1. The van der Waals surface area contributed by atoms with E-state index < -0.39 is 16.9 Å². The van der Waals surface area contributed by atoms with Crippen LogP contribution in [0.5, 0.6) is 5.75 Å². The van der Waals surface area contributed by atoms with Crippen LogP contribution in [-0.2, 0) is 26.9 Å². The van der Waals surface area contributed by atoms with Gasteiger partial charge in [-0.15, -0.1) is 0 Å². The van der Waals surface area contributed by atoms with Crippen molar-refractivity contribution >= 4 is 34.3 Å². The van der Waals surface area contributed by atoms with E-state index in [0.29, 0.717) is 49.6 Å². The molecule has 54 heavy (non-hydrogen) atoms. The highest BCUT2D eigenvalue weighted by Crippen LogP contribution is 2.46. The van der Waals surface area contributed by atoms with Crippen LogP contribution in [0.3, 0.4) is 0 Å². The summed E-state index contributed by atoms with van der Waals surface area (Å²) in [6, 6.07) is 10.4. The molecule has 6 atom stereocenters. The second kappa shape index (κ2) is 21.7. The van der Waals surface area contributed by atoms with Gasteiger partial charge in [0.25, 0.3) is 5.91 Å². The van der Waals surface area contributed by atoms with Crippen molar-refractivity contribution in [2.75, 3.05) is 71.6 Å². The van der Waals surface area contributed by atoms with Crippen LogP contribution >= 0.6 is 11.6 Å². The fraction of sp³-hybridized carbons (Fsp3) is 0.667. The zero-order valence-electron chi connectivity index (χ0n) is 34.0. The van der Waals surface area contributed by atoms with Gasteiger partial charge in [-0.25, -0.2) is 9.19 Å². The Kier molecular flexibility index (Phi) is 17.7. The number of carbonyl (C=O) groups is 1. The van der Waals surface area contributed by atoms with Crippen LogP contribution in [0.1, 0.15) is 101 Å². The van der Waals surface area contributed by atoms with E-state index in [2.05, 4.69) is 78.7 Å². The van der Waals surface area contributed by atoms with Gasteiger partial charge in [-0.05, 0) is 107 Å². The minimum absolute atomic E-state index is 0.0803. The number of aryl methyl sites for hydroxylation is 1. The van der Waals surface area contributed by atoms with Crippen molar-refractivity contribution in [3.05, 3.63) is 64.3 Å². The maximum Gasteiger partial charge on any atom is 0.281 e. The molecule has 1 saturated carbocycles. The number of carbonyl (C=O) groups excluding carboxylic acids is 1. The summed E-state index contributed by atoms with van der Waals surface area (Å²) in [7, 11) is 1.83. The van der Waals surface area contributed by atoms with Gasteiger partial charge in [-0.3, -0.25) is 14.4 Å². The van der Waals surface area contributed by atoms with E-state index >= 15 is 0 Å².